The number of allylic oxidation sites excluding steroid dienone is 2. The zero-order valence-corrected chi connectivity index (χ0v) is 31.7. The molecule has 0 amide bonds. The van der Waals surface area contributed by atoms with Crippen LogP contribution in [0.4, 0.5) is 0 Å². The molecule has 0 saturated heterocycles. The van der Waals surface area contributed by atoms with E-state index in [1.54, 1.807) is 0 Å². The van der Waals surface area contributed by atoms with Gasteiger partial charge in [-0.05, 0) is 81.0 Å². The summed E-state index contributed by atoms with van der Waals surface area (Å²) in [6.07, 6.45) is 3.38. The maximum absolute atomic E-state index is 9.60. The summed E-state index contributed by atoms with van der Waals surface area (Å²) >= 11 is 0. The summed E-state index contributed by atoms with van der Waals surface area (Å²) in [7, 11) is 0. The maximum atomic E-state index is 9.60. The molecule has 0 spiro atoms. The zero-order chi connectivity index (χ0) is 33.6. The third-order valence-electron chi connectivity index (χ3n) is 8.60. The Bertz CT molecular complexity index is 2140. The largest absolute Gasteiger partial charge is 0.511 e. The summed E-state index contributed by atoms with van der Waals surface area (Å²) in [6.45, 7) is 20.3. The van der Waals surface area contributed by atoms with Crippen molar-refractivity contribution in [1.29, 1.82) is 0 Å². The first-order chi connectivity index (χ1) is 21.4. The topological polar surface area (TPSA) is 54.5 Å². The first-order valence-corrected chi connectivity index (χ1v) is 16.1. The third-order valence-corrected chi connectivity index (χ3v) is 8.60. The van der Waals surface area contributed by atoms with E-state index in [4.69, 9.17) is 4.98 Å². The van der Waals surface area contributed by atoms with E-state index in [9.17, 15) is 9.90 Å². The van der Waals surface area contributed by atoms with Gasteiger partial charge in [0, 0.05) is 31.7 Å². The molecule has 0 aliphatic carbocycles. The number of benzene rings is 5. The van der Waals surface area contributed by atoms with Gasteiger partial charge in [0.1, 0.15) is 5.76 Å². The Labute approximate surface area is 293 Å². The van der Waals surface area contributed by atoms with Gasteiger partial charge < -0.3 is 10.1 Å². The molecule has 0 aliphatic rings. The molecule has 0 unspecified atom stereocenters. The van der Waals surface area contributed by atoms with E-state index in [1.807, 2.05) is 47.7 Å². The number of carbonyl (C=O) groups excluding carboxylic acids is 1. The molecule has 1 radical (unpaired) electrons. The van der Waals surface area contributed by atoms with Gasteiger partial charge in [0.05, 0.1) is 11.5 Å². The molecule has 6 aromatic rings. The van der Waals surface area contributed by atoms with E-state index >= 15 is 0 Å². The Morgan fingerprint density at radius 2 is 1.21 bits per heavy atom. The fourth-order valence-electron chi connectivity index (χ4n) is 5.62. The van der Waals surface area contributed by atoms with Crippen LogP contribution in [-0.2, 0) is 25.5 Å². The van der Waals surface area contributed by atoms with E-state index in [-0.39, 0.29) is 47.9 Å². The number of hydrogen-bond donors (Lipinski definition) is 1. The first kappa shape index (κ1) is 36.0. The van der Waals surface area contributed by atoms with Crippen molar-refractivity contribution in [2.75, 3.05) is 0 Å². The predicted octanol–water partition coefficient (Wildman–Crippen LogP) is 11.8. The fraction of sp³-hybridized carbons (Fsp3) is 0.302. The number of aromatic nitrogens is 1. The van der Waals surface area contributed by atoms with E-state index in [0.717, 1.165) is 16.8 Å². The minimum atomic E-state index is -0.306. The average molecular weight is 802 g/mol. The summed E-state index contributed by atoms with van der Waals surface area (Å²) in [5.74, 6) is 0.417. The zero-order valence-electron chi connectivity index (χ0n) is 29.3. The number of aliphatic hydroxyl groups excluding tert-OH is 1. The second kappa shape index (κ2) is 13.3. The molecule has 245 valence electrons. The van der Waals surface area contributed by atoms with Crippen LogP contribution in [0.15, 0.2) is 96.9 Å². The molecule has 3 nitrogen and oxygen atoms in total. The minimum Gasteiger partial charge on any atom is -0.511 e. The second-order valence-corrected chi connectivity index (χ2v) is 15.5. The van der Waals surface area contributed by atoms with Gasteiger partial charge in [-0.2, -0.15) is 0 Å². The Morgan fingerprint density at radius 3 is 1.79 bits per heavy atom. The van der Waals surface area contributed by atoms with Crippen molar-refractivity contribution < 1.29 is 30.0 Å². The van der Waals surface area contributed by atoms with Gasteiger partial charge in [0.25, 0.3) is 0 Å². The fourth-order valence-corrected chi connectivity index (χ4v) is 5.62. The van der Waals surface area contributed by atoms with Crippen molar-refractivity contribution in [3.8, 4) is 11.3 Å². The van der Waals surface area contributed by atoms with Crippen molar-refractivity contribution in [1.82, 2.24) is 4.98 Å². The SMILES string of the molecule is CC(C)(C)C(=[OH+])/C=C(\O)C(C)(C)C.Cc1[c-]c(-c2nccc3c2ccc2c3ccc3c4ccccc4ccc32)cc(C(C)(C)C)c1.[Ir]. The van der Waals surface area contributed by atoms with Crippen LogP contribution in [0.1, 0.15) is 73.4 Å². The molecule has 0 atom stereocenters. The number of pyridine rings is 1. The standard InChI is InChI=1S/C32H26N.C11H20O2.Ir/c1-20-17-22(19-23(18-20)32(2,3)4)31-30-14-13-27-26-10-9-21-7-5-6-8-24(21)25(26)11-12-28(27)29(30)15-16-33-31;1-10(2,3)8(12)7-9(13)11(4,5)6;/h5-16,18-19H,1-4H3;7,12H,1-6H3;/q-1;;/p+1/b;8-7-;. The molecule has 0 saturated carbocycles. The van der Waals surface area contributed by atoms with Crippen molar-refractivity contribution >= 4 is 48.9 Å². The summed E-state index contributed by atoms with van der Waals surface area (Å²) in [5.41, 5.74) is 3.99. The molecule has 47 heavy (non-hydrogen) atoms. The second-order valence-electron chi connectivity index (χ2n) is 15.5. The Kier molecular flexibility index (Phi) is 10.2. The molecule has 4 heteroatoms. The predicted molar refractivity (Wildman–Crippen MR) is 199 cm³/mol. The molecule has 0 bridgehead atoms. The number of nitrogens with zero attached hydrogens (tertiary/aromatic N) is 1. The maximum Gasteiger partial charge on any atom is 0.325 e. The van der Waals surface area contributed by atoms with Gasteiger partial charge in [0.15, 0.2) is 0 Å². The molecule has 1 heterocycles. The number of ketones is 1. The summed E-state index contributed by atoms with van der Waals surface area (Å²) in [6, 6.07) is 32.4. The summed E-state index contributed by atoms with van der Waals surface area (Å²) in [4.78, 5) is 14.4. The summed E-state index contributed by atoms with van der Waals surface area (Å²) in [5, 5.41) is 19.7. The number of rotatable bonds is 2. The molecule has 1 aromatic heterocycles. The normalized spacial score (nSPS) is 12.6. The number of fused-ring (bicyclic) bond motifs is 7. The van der Waals surface area contributed by atoms with E-state index in [0.29, 0.717) is 0 Å². The van der Waals surface area contributed by atoms with Gasteiger partial charge in [-0.25, -0.2) is 0 Å². The quantitative estimate of drug-likeness (QED) is 0.0623. The number of hydrogen-bond acceptors (Lipinski definition) is 2. The van der Waals surface area contributed by atoms with Crippen LogP contribution in [0.3, 0.4) is 0 Å². The molecule has 0 aliphatic heterocycles. The van der Waals surface area contributed by atoms with Crippen LogP contribution >= 0.6 is 0 Å². The van der Waals surface area contributed by atoms with Crippen LogP contribution in [0, 0.1) is 23.8 Å². The Morgan fingerprint density at radius 1 is 0.681 bits per heavy atom. The minimum absolute atomic E-state index is 0. The van der Waals surface area contributed by atoms with Crippen molar-refractivity contribution in [3.63, 3.8) is 0 Å². The van der Waals surface area contributed by atoms with Gasteiger partial charge in [-0.15, -0.1) is 34.9 Å². The van der Waals surface area contributed by atoms with Crippen LogP contribution in [0.2, 0.25) is 0 Å². The Hall–Kier alpha value is -3.85. The molecule has 2 N–H and O–H groups in total. The van der Waals surface area contributed by atoms with Crippen LogP contribution in [-0.4, -0.2) is 20.7 Å². The van der Waals surface area contributed by atoms with E-state index < -0.39 is 0 Å². The monoisotopic (exact) mass is 802 g/mol. The smallest absolute Gasteiger partial charge is 0.325 e. The molecular formula is C43H47IrNO2. The van der Waals surface area contributed by atoms with Crippen molar-refractivity contribution in [2.45, 2.75) is 74.7 Å². The van der Waals surface area contributed by atoms with Crippen LogP contribution in [0.5, 0.6) is 0 Å². The molecule has 5 aromatic carbocycles. The van der Waals surface area contributed by atoms with E-state index in [1.165, 1.54) is 54.7 Å². The third kappa shape index (κ3) is 7.67. The van der Waals surface area contributed by atoms with Gasteiger partial charge >= 0.3 is 5.78 Å². The van der Waals surface area contributed by atoms with E-state index in [2.05, 4.69) is 113 Å². The van der Waals surface area contributed by atoms with Gasteiger partial charge in [-0.3, -0.25) is 4.79 Å². The summed E-state index contributed by atoms with van der Waals surface area (Å²) < 4.78 is 0. The number of aliphatic hydroxyl groups is 1. The van der Waals surface area contributed by atoms with Crippen LogP contribution < -0.4 is 0 Å². The molecule has 0 fully saturated rings. The van der Waals surface area contributed by atoms with Gasteiger partial charge in [-0.1, -0.05) is 109 Å². The molecule has 6 rings (SSSR count). The van der Waals surface area contributed by atoms with Crippen LogP contribution in [0.25, 0.3) is 54.3 Å². The molecular weight excluding hydrogens is 755 g/mol. The number of aryl methyl sites for hydroxylation is 1. The average Bonchev–Trinajstić information content (AvgIpc) is 2.98. The van der Waals surface area contributed by atoms with Gasteiger partial charge in [0.2, 0.25) is 0 Å². The Balaban J connectivity index is 0.000000307. The first-order valence-electron chi connectivity index (χ1n) is 16.1. The van der Waals surface area contributed by atoms with Crippen molar-refractivity contribution in [2.24, 2.45) is 10.8 Å². The van der Waals surface area contributed by atoms with Crippen molar-refractivity contribution in [3.05, 3.63) is 114 Å².